The molecule has 0 amide bonds. The van der Waals surface area contributed by atoms with Gasteiger partial charge in [0.15, 0.2) is 0 Å². The van der Waals surface area contributed by atoms with Crippen LogP contribution in [0.2, 0.25) is 0 Å². The number of halogens is 1. The highest BCUT2D eigenvalue weighted by atomic mass is 19.1. The first-order valence-electron chi connectivity index (χ1n) is 2.96. The van der Waals surface area contributed by atoms with E-state index in [-0.39, 0.29) is 0 Å². The van der Waals surface area contributed by atoms with Crippen LogP contribution >= 0.6 is 0 Å². The summed E-state index contributed by atoms with van der Waals surface area (Å²) in [4.78, 5) is 0. The SMILES string of the molecule is CC1=CC=CC(F)C=C1. The highest BCUT2D eigenvalue weighted by Crippen LogP contribution is 2.05. The summed E-state index contributed by atoms with van der Waals surface area (Å²) in [6, 6.07) is 0. The Labute approximate surface area is 54.4 Å². The average molecular weight is 124 g/mol. The maximum absolute atomic E-state index is 12.4. The molecule has 1 unspecified atom stereocenters. The Morgan fingerprint density at radius 2 is 2.22 bits per heavy atom. The normalized spacial score (nSPS) is 25.6. The molecular formula is C8H9F. The van der Waals surface area contributed by atoms with E-state index in [0.717, 1.165) is 5.57 Å². The molecule has 0 bridgehead atoms. The Hall–Kier alpha value is -0.850. The molecule has 0 saturated heterocycles. The molecule has 0 aromatic rings. The maximum Gasteiger partial charge on any atom is 0.137 e. The summed E-state index contributed by atoms with van der Waals surface area (Å²) < 4.78 is 12.4. The lowest BCUT2D eigenvalue weighted by molar-refractivity contribution is 0.469. The van der Waals surface area contributed by atoms with Crippen LogP contribution in [0.15, 0.2) is 36.0 Å². The van der Waals surface area contributed by atoms with Gasteiger partial charge in [-0.3, -0.25) is 0 Å². The quantitative estimate of drug-likeness (QED) is 0.465. The van der Waals surface area contributed by atoms with Crippen molar-refractivity contribution in [3.63, 3.8) is 0 Å². The summed E-state index contributed by atoms with van der Waals surface area (Å²) in [5, 5.41) is 0. The topological polar surface area (TPSA) is 0 Å². The first kappa shape index (κ1) is 6.27. The van der Waals surface area contributed by atoms with Gasteiger partial charge in [-0.05, 0) is 19.1 Å². The minimum Gasteiger partial charge on any atom is -0.238 e. The fourth-order valence-electron chi connectivity index (χ4n) is 0.677. The third-order valence-corrected chi connectivity index (χ3v) is 1.20. The number of hydrogen-bond donors (Lipinski definition) is 0. The molecular weight excluding hydrogens is 115 g/mol. The van der Waals surface area contributed by atoms with Crippen molar-refractivity contribution < 1.29 is 4.39 Å². The minimum atomic E-state index is -0.904. The molecule has 0 radical (unpaired) electrons. The van der Waals surface area contributed by atoms with E-state index in [0.29, 0.717) is 0 Å². The molecule has 0 N–H and O–H groups in total. The minimum absolute atomic E-state index is 0.904. The van der Waals surface area contributed by atoms with Crippen molar-refractivity contribution in [2.45, 2.75) is 13.1 Å². The van der Waals surface area contributed by atoms with Crippen molar-refractivity contribution in [2.24, 2.45) is 0 Å². The molecule has 0 aromatic carbocycles. The van der Waals surface area contributed by atoms with Crippen LogP contribution in [0.4, 0.5) is 4.39 Å². The first-order chi connectivity index (χ1) is 4.29. The van der Waals surface area contributed by atoms with Crippen molar-refractivity contribution in [3.8, 4) is 0 Å². The van der Waals surface area contributed by atoms with Gasteiger partial charge in [-0.15, -0.1) is 0 Å². The summed E-state index contributed by atoms with van der Waals surface area (Å²) >= 11 is 0. The van der Waals surface area contributed by atoms with Crippen LogP contribution in [0.25, 0.3) is 0 Å². The zero-order valence-electron chi connectivity index (χ0n) is 5.34. The van der Waals surface area contributed by atoms with Gasteiger partial charge in [-0.1, -0.05) is 23.8 Å². The monoisotopic (exact) mass is 124 g/mol. The number of allylic oxidation sites excluding steroid dienone is 6. The lowest BCUT2D eigenvalue weighted by atomic mass is 10.3. The van der Waals surface area contributed by atoms with Gasteiger partial charge in [0, 0.05) is 0 Å². The molecule has 0 fully saturated rings. The molecule has 48 valence electrons. The second-order valence-electron chi connectivity index (χ2n) is 2.10. The largest absolute Gasteiger partial charge is 0.238 e. The van der Waals surface area contributed by atoms with E-state index < -0.39 is 6.17 Å². The molecule has 0 spiro atoms. The van der Waals surface area contributed by atoms with Crippen molar-refractivity contribution >= 4 is 0 Å². The van der Waals surface area contributed by atoms with Gasteiger partial charge in [0.25, 0.3) is 0 Å². The molecule has 0 nitrogen and oxygen atoms in total. The summed E-state index contributed by atoms with van der Waals surface area (Å²) in [5.74, 6) is 0. The molecule has 0 heterocycles. The van der Waals surface area contributed by atoms with E-state index in [1.165, 1.54) is 12.2 Å². The first-order valence-corrected chi connectivity index (χ1v) is 2.96. The standard InChI is InChI=1S/C8H9F/c1-7-3-2-4-8(9)6-5-7/h2-6,8H,1H3. The van der Waals surface area contributed by atoms with Crippen LogP contribution in [0.1, 0.15) is 6.92 Å². The second-order valence-corrected chi connectivity index (χ2v) is 2.10. The second kappa shape index (κ2) is 2.62. The Balaban J connectivity index is 2.75. The van der Waals surface area contributed by atoms with Crippen LogP contribution < -0.4 is 0 Å². The van der Waals surface area contributed by atoms with E-state index in [9.17, 15) is 4.39 Å². The third kappa shape index (κ3) is 1.84. The molecule has 0 aromatic heterocycles. The smallest absolute Gasteiger partial charge is 0.137 e. The average Bonchev–Trinajstić information content (AvgIpc) is 1.97. The molecule has 1 aliphatic rings. The maximum atomic E-state index is 12.4. The fourth-order valence-corrected chi connectivity index (χ4v) is 0.677. The zero-order valence-corrected chi connectivity index (χ0v) is 5.34. The van der Waals surface area contributed by atoms with Crippen LogP contribution in [-0.4, -0.2) is 6.17 Å². The van der Waals surface area contributed by atoms with Crippen molar-refractivity contribution in [3.05, 3.63) is 36.0 Å². The molecule has 0 saturated carbocycles. The van der Waals surface area contributed by atoms with Gasteiger partial charge >= 0.3 is 0 Å². The van der Waals surface area contributed by atoms with Gasteiger partial charge in [-0.2, -0.15) is 0 Å². The molecule has 1 aliphatic carbocycles. The number of alkyl halides is 1. The molecule has 9 heavy (non-hydrogen) atoms. The van der Waals surface area contributed by atoms with Gasteiger partial charge in [0.05, 0.1) is 0 Å². The highest BCUT2D eigenvalue weighted by Gasteiger charge is 1.95. The van der Waals surface area contributed by atoms with Crippen LogP contribution in [0.3, 0.4) is 0 Å². The Morgan fingerprint density at radius 1 is 1.44 bits per heavy atom. The molecule has 1 heteroatoms. The number of rotatable bonds is 0. The fraction of sp³-hybridized carbons (Fsp3) is 0.250. The third-order valence-electron chi connectivity index (χ3n) is 1.20. The Morgan fingerprint density at radius 3 is 3.00 bits per heavy atom. The van der Waals surface area contributed by atoms with Crippen LogP contribution in [-0.2, 0) is 0 Å². The van der Waals surface area contributed by atoms with Crippen molar-refractivity contribution in [2.75, 3.05) is 0 Å². The van der Waals surface area contributed by atoms with Crippen molar-refractivity contribution in [1.82, 2.24) is 0 Å². The predicted octanol–water partition coefficient (Wildman–Crippen LogP) is 2.40. The number of hydrogen-bond acceptors (Lipinski definition) is 0. The van der Waals surface area contributed by atoms with E-state index in [1.54, 1.807) is 12.2 Å². The van der Waals surface area contributed by atoms with Crippen LogP contribution in [0, 0.1) is 0 Å². The van der Waals surface area contributed by atoms with Gasteiger partial charge in [0.2, 0.25) is 0 Å². The zero-order chi connectivity index (χ0) is 6.69. The van der Waals surface area contributed by atoms with Gasteiger partial charge in [-0.25, -0.2) is 4.39 Å². The van der Waals surface area contributed by atoms with E-state index >= 15 is 0 Å². The van der Waals surface area contributed by atoms with Crippen LogP contribution in [0.5, 0.6) is 0 Å². The van der Waals surface area contributed by atoms with Gasteiger partial charge in [0.1, 0.15) is 6.17 Å². The summed E-state index contributed by atoms with van der Waals surface area (Å²) in [6.45, 7) is 1.94. The lowest BCUT2D eigenvalue weighted by Crippen LogP contribution is -1.84. The van der Waals surface area contributed by atoms with Gasteiger partial charge < -0.3 is 0 Å². The van der Waals surface area contributed by atoms with E-state index in [2.05, 4.69) is 0 Å². The van der Waals surface area contributed by atoms with E-state index in [1.807, 2.05) is 13.0 Å². The Kier molecular flexibility index (Phi) is 1.83. The predicted molar refractivity (Wildman–Crippen MR) is 36.9 cm³/mol. The lowest BCUT2D eigenvalue weighted by Gasteiger charge is -1.87. The van der Waals surface area contributed by atoms with E-state index in [4.69, 9.17) is 0 Å². The van der Waals surface area contributed by atoms with Crippen molar-refractivity contribution in [1.29, 1.82) is 0 Å². The molecule has 1 rings (SSSR count). The summed E-state index contributed by atoms with van der Waals surface area (Å²) in [5.41, 5.74) is 1.09. The molecule has 1 atom stereocenters. The molecule has 0 aliphatic heterocycles. The Bertz CT molecular complexity index is 175. The summed E-state index contributed by atoms with van der Waals surface area (Å²) in [7, 11) is 0. The highest BCUT2D eigenvalue weighted by molar-refractivity contribution is 5.27. The summed E-state index contributed by atoms with van der Waals surface area (Å²) in [6.07, 6.45) is 7.56.